The summed E-state index contributed by atoms with van der Waals surface area (Å²) in [5.41, 5.74) is 0.617. The van der Waals surface area contributed by atoms with Gasteiger partial charge in [0.15, 0.2) is 0 Å². The van der Waals surface area contributed by atoms with E-state index < -0.39 is 0 Å². The SMILES string of the molecule is CCCCCCCCC(=O)OCCOCCOc1ccc(C=O)cc1. The van der Waals surface area contributed by atoms with E-state index in [1.807, 2.05) is 0 Å². The summed E-state index contributed by atoms with van der Waals surface area (Å²) < 4.78 is 16.0. The number of aldehydes is 1. The fourth-order valence-electron chi connectivity index (χ4n) is 2.30. The normalized spacial score (nSPS) is 10.4. The van der Waals surface area contributed by atoms with E-state index in [9.17, 15) is 9.59 Å². The summed E-state index contributed by atoms with van der Waals surface area (Å²) in [6.45, 7) is 3.67. The molecule has 0 heterocycles. The standard InChI is InChI=1S/C20H30O5/c1-2-3-4-5-6-7-8-20(22)25-16-14-23-13-15-24-19-11-9-18(17-21)10-12-19/h9-12,17H,2-8,13-16H2,1H3. The Morgan fingerprint density at radius 3 is 2.32 bits per heavy atom. The molecule has 0 amide bonds. The molecule has 0 fully saturated rings. The highest BCUT2D eigenvalue weighted by molar-refractivity contribution is 5.74. The highest BCUT2D eigenvalue weighted by Gasteiger charge is 2.02. The first-order valence-corrected chi connectivity index (χ1v) is 9.17. The molecule has 0 aromatic heterocycles. The van der Waals surface area contributed by atoms with E-state index in [-0.39, 0.29) is 12.6 Å². The lowest BCUT2D eigenvalue weighted by molar-refractivity contribution is -0.145. The van der Waals surface area contributed by atoms with Crippen molar-refractivity contribution in [2.45, 2.75) is 51.9 Å². The van der Waals surface area contributed by atoms with Crippen molar-refractivity contribution in [2.24, 2.45) is 0 Å². The zero-order valence-corrected chi connectivity index (χ0v) is 15.2. The van der Waals surface area contributed by atoms with Crippen LogP contribution in [0.4, 0.5) is 0 Å². The molecular formula is C20H30O5. The Morgan fingerprint density at radius 1 is 0.920 bits per heavy atom. The van der Waals surface area contributed by atoms with E-state index >= 15 is 0 Å². The van der Waals surface area contributed by atoms with E-state index in [2.05, 4.69) is 6.92 Å². The van der Waals surface area contributed by atoms with Gasteiger partial charge in [0.25, 0.3) is 0 Å². The summed E-state index contributed by atoms with van der Waals surface area (Å²) in [7, 11) is 0. The van der Waals surface area contributed by atoms with Crippen molar-refractivity contribution >= 4 is 12.3 Å². The quantitative estimate of drug-likeness (QED) is 0.270. The maximum Gasteiger partial charge on any atom is 0.305 e. The van der Waals surface area contributed by atoms with Gasteiger partial charge in [-0.3, -0.25) is 9.59 Å². The van der Waals surface area contributed by atoms with Crippen LogP contribution < -0.4 is 4.74 Å². The molecule has 0 bridgehead atoms. The molecule has 1 rings (SSSR count). The molecular weight excluding hydrogens is 320 g/mol. The number of hydrogen-bond acceptors (Lipinski definition) is 5. The van der Waals surface area contributed by atoms with E-state index in [1.54, 1.807) is 24.3 Å². The molecule has 0 N–H and O–H groups in total. The molecule has 0 saturated carbocycles. The predicted molar refractivity (Wildman–Crippen MR) is 97.1 cm³/mol. The fraction of sp³-hybridized carbons (Fsp3) is 0.600. The average Bonchev–Trinajstić information content (AvgIpc) is 2.64. The maximum absolute atomic E-state index is 11.5. The molecule has 140 valence electrons. The largest absolute Gasteiger partial charge is 0.491 e. The molecule has 0 unspecified atom stereocenters. The molecule has 0 aliphatic heterocycles. The van der Waals surface area contributed by atoms with Gasteiger partial charge in [0.2, 0.25) is 0 Å². The first kappa shape index (κ1) is 21.2. The zero-order valence-electron chi connectivity index (χ0n) is 15.2. The highest BCUT2D eigenvalue weighted by atomic mass is 16.6. The van der Waals surface area contributed by atoms with Crippen LogP contribution in [-0.4, -0.2) is 38.7 Å². The summed E-state index contributed by atoms with van der Waals surface area (Å²) in [6.07, 6.45) is 8.24. The second-order valence-corrected chi connectivity index (χ2v) is 5.89. The van der Waals surface area contributed by atoms with Crippen molar-refractivity contribution in [1.29, 1.82) is 0 Å². The average molecular weight is 350 g/mol. The molecule has 0 aliphatic carbocycles. The molecule has 1 aromatic carbocycles. The Hall–Kier alpha value is -1.88. The molecule has 0 radical (unpaired) electrons. The van der Waals surface area contributed by atoms with Crippen LogP contribution in [0.15, 0.2) is 24.3 Å². The summed E-state index contributed by atoms with van der Waals surface area (Å²) in [5, 5.41) is 0. The number of hydrogen-bond donors (Lipinski definition) is 0. The summed E-state index contributed by atoms with van der Waals surface area (Å²) in [4.78, 5) is 22.1. The van der Waals surface area contributed by atoms with Crippen molar-refractivity contribution in [3.63, 3.8) is 0 Å². The Balaban J connectivity index is 1.90. The van der Waals surface area contributed by atoms with Gasteiger partial charge in [-0.05, 0) is 30.7 Å². The second kappa shape index (κ2) is 14.5. The van der Waals surface area contributed by atoms with E-state index in [4.69, 9.17) is 14.2 Å². The molecule has 0 saturated heterocycles. The van der Waals surface area contributed by atoms with Crippen molar-refractivity contribution in [1.82, 2.24) is 0 Å². The van der Waals surface area contributed by atoms with Crippen LogP contribution in [0.1, 0.15) is 62.2 Å². The monoisotopic (exact) mass is 350 g/mol. The number of benzene rings is 1. The minimum atomic E-state index is -0.148. The second-order valence-electron chi connectivity index (χ2n) is 5.89. The van der Waals surface area contributed by atoms with Gasteiger partial charge in [-0.25, -0.2) is 0 Å². The molecule has 0 atom stereocenters. The minimum absolute atomic E-state index is 0.148. The van der Waals surface area contributed by atoms with Gasteiger partial charge < -0.3 is 14.2 Å². The molecule has 5 heteroatoms. The first-order valence-electron chi connectivity index (χ1n) is 9.17. The molecule has 0 aliphatic rings. The third-order valence-electron chi connectivity index (χ3n) is 3.74. The number of carbonyl (C=O) groups excluding carboxylic acids is 2. The van der Waals surface area contributed by atoms with E-state index in [1.165, 1.54) is 25.7 Å². The number of ether oxygens (including phenoxy) is 3. The van der Waals surface area contributed by atoms with Crippen molar-refractivity contribution in [3.8, 4) is 5.75 Å². The van der Waals surface area contributed by atoms with Gasteiger partial charge in [0.1, 0.15) is 25.2 Å². The van der Waals surface area contributed by atoms with Crippen LogP contribution in [0, 0.1) is 0 Å². The number of unbranched alkanes of at least 4 members (excludes halogenated alkanes) is 5. The summed E-state index contributed by atoms with van der Waals surface area (Å²) in [5.74, 6) is 0.546. The third kappa shape index (κ3) is 11.3. The zero-order chi connectivity index (χ0) is 18.2. The van der Waals surface area contributed by atoms with Gasteiger partial charge in [-0.15, -0.1) is 0 Å². The first-order chi connectivity index (χ1) is 12.3. The molecule has 1 aromatic rings. The summed E-state index contributed by atoms with van der Waals surface area (Å²) in [6, 6.07) is 6.89. The molecule has 0 spiro atoms. The van der Waals surface area contributed by atoms with Gasteiger partial charge >= 0.3 is 5.97 Å². The lowest BCUT2D eigenvalue weighted by Gasteiger charge is -2.08. The summed E-state index contributed by atoms with van der Waals surface area (Å²) >= 11 is 0. The van der Waals surface area contributed by atoms with Crippen LogP contribution in [0.3, 0.4) is 0 Å². The van der Waals surface area contributed by atoms with Crippen molar-refractivity contribution in [3.05, 3.63) is 29.8 Å². The van der Waals surface area contributed by atoms with E-state index in [0.29, 0.717) is 37.6 Å². The Morgan fingerprint density at radius 2 is 1.60 bits per heavy atom. The number of esters is 1. The topological polar surface area (TPSA) is 61.8 Å². The number of rotatable bonds is 15. The minimum Gasteiger partial charge on any atom is -0.491 e. The van der Waals surface area contributed by atoms with Gasteiger partial charge in [-0.1, -0.05) is 39.0 Å². The molecule has 25 heavy (non-hydrogen) atoms. The van der Waals surface area contributed by atoms with E-state index in [0.717, 1.165) is 19.1 Å². The van der Waals surface area contributed by atoms with Crippen LogP contribution in [0.5, 0.6) is 5.75 Å². The lowest BCUT2D eigenvalue weighted by atomic mass is 10.1. The van der Waals surface area contributed by atoms with Gasteiger partial charge in [0, 0.05) is 12.0 Å². The number of carbonyl (C=O) groups is 2. The Kier molecular flexibility index (Phi) is 12.2. The lowest BCUT2D eigenvalue weighted by Crippen LogP contribution is -2.13. The van der Waals surface area contributed by atoms with Crippen LogP contribution in [0.2, 0.25) is 0 Å². The predicted octanol–water partition coefficient (Wildman–Crippen LogP) is 4.19. The van der Waals surface area contributed by atoms with Crippen molar-refractivity contribution in [2.75, 3.05) is 26.4 Å². The van der Waals surface area contributed by atoms with Gasteiger partial charge in [-0.2, -0.15) is 0 Å². The van der Waals surface area contributed by atoms with Crippen LogP contribution in [-0.2, 0) is 14.3 Å². The third-order valence-corrected chi connectivity index (χ3v) is 3.74. The fourth-order valence-corrected chi connectivity index (χ4v) is 2.30. The van der Waals surface area contributed by atoms with Crippen LogP contribution in [0.25, 0.3) is 0 Å². The van der Waals surface area contributed by atoms with Crippen LogP contribution >= 0.6 is 0 Å². The van der Waals surface area contributed by atoms with Crippen molar-refractivity contribution < 1.29 is 23.8 Å². The Bertz CT molecular complexity index is 469. The molecule has 5 nitrogen and oxygen atoms in total. The highest BCUT2D eigenvalue weighted by Crippen LogP contribution is 2.10. The Labute approximate surface area is 150 Å². The maximum atomic E-state index is 11.5. The van der Waals surface area contributed by atoms with Gasteiger partial charge in [0.05, 0.1) is 13.2 Å². The smallest absolute Gasteiger partial charge is 0.305 e.